The van der Waals surface area contributed by atoms with Gasteiger partial charge in [0.25, 0.3) is 0 Å². The minimum Gasteiger partial charge on any atom is -0.456 e. The van der Waals surface area contributed by atoms with Crippen LogP contribution in [0.2, 0.25) is 0 Å². The summed E-state index contributed by atoms with van der Waals surface area (Å²) in [7, 11) is 0. The molecular formula is C60H55BN2O. The summed E-state index contributed by atoms with van der Waals surface area (Å²) < 4.78 is 6.79. The second-order valence-corrected chi connectivity index (χ2v) is 21.1. The molecule has 0 radical (unpaired) electrons. The van der Waals surface area contributed by atoms with Crippen molar-refractivity contribution in [3.05, 3.63) is 187 Å². The maximum atomic E-state index is 6.79. The number of hydrogen-bond acceptors (Lipinski definition) is 3. The van der Waals surface area contributed by atoms with E-state index in [2.05, 4.69) is 242 Å². The molecule has 9 aromatic rings. The second kappa shape index (κ2) is 14.4. The molecular weight excluding hydrogens is 775 g/mol. The molecule has 314 valence electrons. The molecule has 0 saturated carbocycles. The van der Waals surface area contributed by atoms with Gasteiger partial charge in [0.1, 0.15) is 11.2 Å². The van der Waals surface area contributed by atoms with Gasteiger partial charge >= 0.3 is 6.85 Å². The lowest BCUT2D eigenvalue weighted by molar-refractivity contribution is 0.590. The fourth-order valence-electron chi connectivity index (χ4n) is 10.2. The minimum absolute atomic E-state index is 0.0262. The van der Waals surface area contributed by atoms with E-state index >= 15 is 0 Å². The highest BCUT2D eigenvalue weighted by Crippen LogP contribution is 2.51. The molecule has 3 nitrogen and oxygen atoms in total. The molecule has 0 atom stereocenters. The van der Waals surface area contributed by atoms with Crippen LogP contribution in [0.4, 0.5) is 28.4 Å². The molecule has 2 aliphatic rings. The molecule has 0 saturated heterocycles. The number of hydrogen-bond donors (Lipinski definition) is 0. The first-order chi connectivity index (χ1) is 30.6. The molecule has 0 fully saturated rings. The predicted octanol–water partition coefficient (Wildman–Crippen LogP) is 15.5. The zero-order valence-corrected chi connectivity index (χ0v) is 38.5. The fourth-order valence-corrected chi connectivity index (χ4v) is 10.2. The highest BCUT2D eigenvalue weighted by molar-refractivity contribution is 6.93. The zero-order valence-electron chi connectivity index (χ0n) is 38.5. The summed E-state index contributed by atoms with van der Waals surface area (Å²) in [5.41, 5.74) is 21.3. The number of fused-ring (bicyclic) bond motifs is 7. The van der Waals surface area contributed by atoms with Gasteiger partial charge in [-0.05, 0) is 121 Å². The van der Waals surface area contributed by atoms with Gasteiger partial charge in [-0.1, -0.05) is 172 Å². The Kier molecular flexibility index (Phi) is 8.99. The van der Waals surface area contributed by atoms with Crippen molar-refractivity contribution < 1.29 is 4.42 Å². The van der Waals surface area contributed by atoms with E-state index in [0.29, 0.717) is 0 Å². The summed E-state index contributed by atoms with van der Waals surface area (Å²) in [6.45, 7) is 20.6. The molecule has 2 aliphatic heterocycles. The van der Waals surface area contributed by atoms with Gasteiger partial charge in [-0.25, -0.2) is 0 Å². The van der Waals surface area contributed by atoms with Crippen LogP contribution in [0.3, 0.4) is 0 Å². The Morgan fingerprint density at radius 2 is 0.969 bits per heavy atom. The van der Waals surface area contributed by atoms with Crippen LogP contribution in [-0.4, -0.2) is 6.85 Å². The van der Waals surface area contributed by atoms with Gasteiger partial charge in [-0.2, -0.15) is 0 Å². The standard InChI is InChI=1S/C60H55BN2O/c1-58(2,3)41-24-28-44(29-25-41)63-52-31-27-43(60(7,8)9)35-47(52)49-32-40(38-18-12-10-13-19-38)33-54-57(49)61(63)50-36-48-45-22-16-17-23-55(45)64-56(48)37-53(50)62(54)51-30-26-42(59(4,5)6)34-46(51)39-20-14-11-15-21-39/h10-37H,1-9H3. The average molecular weight is 831 g/mol. The van der Waals surface area contributed by atoms with Crippen molar-refractivity contribution in [1.29, 1.82) is 0 Å². The monoisotopic (exact) mass is 830 g/mol. The third kappa shape index (κ3) is 6.49. The highest BCUT2D eigenvalue weighted by atomic mass is 16.3. The minimum atomic E-state index is -0.151. The van der Waals surface area contributed by atoms with Crippen LogP contribution in [-0.2, 0) is 16.2 Å². The number of anilines is 5. The molecule has 0 amide bonds. The predicted molar refractivity (Wildman–Crippen MR) is 274 cm³/mol. The van der Waals surface area contributed by atoms with Crippen LogP contribution in [0.15, 0.2) is 174 Å². The summed E-state index contributed by atoms with van der Waals surface area (Å²) in [6, 6.07) is 63.8. The zero-order chi connectivity index (χ0) is 44.3. The van der Waals surface area contributed by atoms with Gasteiger partial charge in [0.05, 0.1) is 5.69 Å². The van der Waals surface area contributed by atoms with Gasteiger partial charge in [-0.15, -0.1) is 0 Å². The van der Waals surface area contributed by atoms with Crippen molar-refractivity contribution in [2.75, 3.05) is 9.71 Å². The lowest BCUT2D eigenvalue weighted by Crippen LogP contribution is -2.61. The molecule has 0 unspecified atom stereocenters. The van der Waals surface area contributed by atoms with Crippen LogP contribution in [0.25, 0.3) is 55.3 Å². The van der Waals surface area contributed by atoms with E-state index < -0.39 is 0 Å². The van der Waals surface area contributed by atoms with Crippen LogP contribution < -0.4 is 20.6 Å². The third-order valence-corrected chi connectivity index (χ3v) is 13.7. The molecule has 11 rings (SSSR count). The lowest BCUT2D eigenvalue weighted by atomic mass is 9.43. The summed E-state index contributed by atoms with van der Waals surface area (Å²) >= 11 is 0. The summed E-state index contributed by atoms with van der Waals surface area (Å²) in [5, 5.41) is 2.26. The SMILES string of the molecule is CC(C)(C)c1ccc(N2B3c4cc5c(cc4N(c4ccc(C(C)(C)C)cc4-c4ccccc4)c4cc(-c6ccccc6)cc(c43)-c3cc(C(C)(C)C)ccc32)oc2ccccc25)cc1. The molecule has 0 bridgehead atoms. The Labute approximate surface area is 379 Å². The quantitative estimate of drug-likeness (QED) is 0.165. The van der Waals surface area contributed by atoms with Gasteiger partial charge in [0.2, 0.25) is 0 Å². The summed E-state index contributed by atoms with van der Waals surface area (Å²) in [6.07, 6.45) is 0. The number of rotatable bonds is 4. The first kappa shape index (κ1) is 40.0. The van der Waals surface area contributed by atoms with Gasteiger partial charge in [0.15, 0.2) is 0 Å². The first-order valence-electron chi connectivity index (χ1n) is 22.9. The number of para-hydroxylation sites is 1. The van der Waals surface area contributed by atoms with Crippen molar-refractivity contribution in [3.63, 3.8) is 0 Å². The van der Waals surface area contributed by atoms with Gasteiger partial charge in [-0.3, -0.25) is 0 Å². The van der Waals surface area contributed by atoms with Crippen LogP contribution in [0.1, 0.15) is 79.0 Å². The van der Waals surface area contributed by atoms with Crippen molar-refractivity contribution in [3.8, 4) is 33.4 Å². The molecule has 3 heterocycles. The van der Waals surface area contributed by atoms with Crippen LogP contribution >= 0.6 is 0 Å². The number of nitrogens with zero attached hydrogens (tertiary/aromatic N) is 2. The molecule has 64 heavy (non-hydrogen) atoms. The Balaban J connectivity index is 1.31. The Morgan fingerprint density at radius 1 is 0.391 bits per heavy atom. The molecule has 0 aliphatic carbocycles. The maximum absolute atomic E-state index is 6.79. The van der Waals surface area contributed by atoms with Crippen molar-refractivity contribution in [1.82, 2.24) is 0 Å². The first-order valence-corrected chi connectivity index (χ1v) is 22.9. The van der Waals surface area contributed by atoms with E-state index in [1.54, 1.807) is 0 Å². The number of furan rings is 1. The largest absolute Gasteiger partial charge is 0.456 e. The number of benzene rings is 8. The average Bonchev–Trinajstić information content (AvgIpc) is 3.65. The Hall–Kier alpha value is -6.78. The van der Waals surface area contributed by atoms with Crippen LogP contribution in [0, 0.1) is 0 Å². The van der Waals surface area contributed by atoms with E-state index in [-0.39, 0.29) is 23.1 Å². The summed E-state index contributed by atoms with van der Waals surface area (Å²) in [4.78, 5) is 5.20. The van der Waals surface area contributed by atoms with Crippen LogP contribution in [0.5, 0.6) is 0 Å². The van der Waals surface area contributed by atoms with Crippen molar-refractivity contribution in [2.45, 2.75) is 78.6 Å². The Bertz CT molecular complexity index is 3270. The smallest absolute Gasteiger partial charge is 0.333 e. The normalized spacial score (nSPS) is 13.6. The van der Waals surface area contributed by atoms with E-state index in [1.807, 2.05) is 0 Å². The topological polar surface area (TPSA) is 19.6 Å². The van der Waals surface area contributed by atoms with Crippen molar-refractivity contribution in [2.24, 2.45) is 0 Å². The van der Waals surface area contributed by atoms with E-state index in [4.69, 9.17) is 4.42 Å². The summed E-state index contributed by atoms with van der Waals surface area (Å²) in [5.74, 6) is 0. The van der Waals surface area contributed by atoms with Gasteiger partial charge < -0.3 is 14.1 Å². The molecule has 0 spiro atoms. The fraction of sp³-hybridized carbons (Fsp3) is 0.200. The highest BCUT2D eigenvalue weighted by Gasteiger charge is 2.46. The van der Waals surface area contributed by atoms with E-state index in [1.165, 1.54) is 78.1 Å². The Morgan fingerprint density at radius 3 is 1.62 bits per heavy atom. The maximum Gasteiger partial charge on any atom is 0.333 e. The lowest BCUT2D eigenvalue weighted by Gasteiger charge is -2.46. The molecule has 0 N–H and O–H groups in total. The van der Waals surface area contributed by atoms with E-state index in [0.717, 1.165) is 33.3 Å². The molecule has 8 aromatic carbocycles. The van der Waals surface area contributed by atoms with Gasteiger partial charge in [0, 0.05) is 50.7 Å². The van der Waals surface area contributed by atoms with Crippen molar-refractivity contribution >= 4 is 68.1 Å². The molecule has 4 heteroatoms. The van der Waals surface area contributed by atoms with E-state index in [9.17, 15) is 0 Å². The molecule has 1 aromatic heterocycles. The third-order valence-electron chi connectivity index (χ3n) is 13.7. The second-order valence-electron chi connectivity index (χ2n) is 21.1.